The van der Waals surface area contributed by atoms with Crippen molar-refractivity contribution in [2.24, 2.45) is 0 Å². The highest BCUT2D eigenvalue weighted by atomic mass is 16.4. The molecule has 1 heterocycles. The molecule has 0 radical (unpaired) electrons. The van der Waals surface area contributed by atoms with Gasteiger partial charge in [0.15, 0.2) is 5.58 Å². The van der Waals surface area contributed by atoms with Crippen LogP contribution in [0.15, 0.2) is 22.6 Å². The number of hydrazine groups is 1. The number of hydrogen-bond acceptors (Lipinski definition) is 5. The Balaban J connectivity index is 2.41. The monoisotopic (exact) mass is 192 g/mol. The van der Waals surface area contributed by atoms with Crippen LogP contribution in [0, 0.1) is 0 Å². The van der Waals surface area contributed by atoms with E-state index in [-0.39, 0.29) is 0 Å². The largest absolute Gasteiger partial charge is 0.423 e. The van der Waals surface area contributed by atoms with Crippen LogP contribution < -0.4 is 11.2 Å². The van der Waals surface area contributed by atoms with Crippen molar-refractivity contribution in [2.45, 2.75) is 0 Å². The summed E-state index contributed by atoms with van der Waals surface area (Å²) in [4.78, 5) is 4.22. The van der Waals surface area contributed by atoms with Gasteiger partial charge in [0.05, 0.1) is 0 Å². The number of anilines is 2. The van der Waals surface area contributed by atoms with Crippen molar-refractivity contribution in [3.63, 3.8) is 0 Å². The Morgan fingerprint density at radius 2 is 2.21 bits per heavy atom. The molecule has 2 aromatic rings. The second kappa shape index (κ2) is 3.19. The quantitative estimate of drug-likeness (QED) is 0.554. The summed E-state index contributed by atoms with van der Waals surface area (Å²) in [5.74, 6) is 0. The summed E-state index contributed by atoms with van der Waals surface area (Å²) in [6.07, 6.45) is 0. The summed E-state index contributed by atoms with van der Waals surface area (Å²) >= 11 is 0. The average Bonchev–Trinajstić information content (AvgIpc) is 2.44. The molecule has 5 heteroatoms. The highest BCUT2D eigenvalue weighted by Gasteiger charge is 2.05. The van der Waals surface area contributed by atoms with E-state index in [4.69, 9.17) is 10.2 Å². The van der Waals surface area contributed by atoms with Gasteiger partial charge in [-0.15, -0.1) is 0 Å². The predicted octanol–water partition coefficient (Wildman–Crippen LogP) is 1.30. The minimum atomic E-state index is 0.468. The molecular formula is C9H12N4O. The summed E-state index contributed by atoms with van der Waals surface area (Å²) in [5, 5.41) is 1.76. The van der Waals surface area contributed by atoms with E-state index in [0.717, 1.165) is 5.52 Å². The number of oxazole rings is 1. The van der Waals surface area contributed by atoms with E-state index in [0.29, 0.717) is 17.3 Å². The van der Waals surface area contributed by atoms with Gasteiger partial charge in [-0.05, 0) is 12.1 Å². The van der Waals surface area contributed by atoms with Crippen LogP contribution in [0.1, 0.15) is 0 Å². The molecule has 2 rings (SSSR count). The number of aromatic nitrogens is 1. The molecule has 0 fully saturated rings. The summed E-state index contributed by atoms with van der Waals surface area (Å²) in [5.41, 5.74) is 10.7. The zero-order valence-corrected chi connectivity index (χ0v) is 8.11. The van der Waals surface area contributed by atoms with Gasteiger partial charge in [-0.3, -0.25) is 5.43 Å². The molecule has 0 saturated heterocycles. The Bertz CT molecular complexity index is 449. The molecule has 0 atom stereocenters. The zero-order chi connectivity index (χ0) is 10.1. The van der Waals surface area contributed by atoms with Crippen molar-refractivity contribution in [1.29, 1.82) is 0 Å². The first-order chi connectivity index (χ1) is 6.65. The van der Waals surface area contributed by atoms with E-state index < -0.39 is 0 Å². The second-order valence-electron chi connectivity index (χ2n) is 3.25. The molecule has 0 aliphatic rings. The number of nitrogen functional groups attached to an aromatic ring is 1. The Labute approximate surface area is 81.5 Å². The Morgan fingerprint density at radius 3 is 2.93 bits per heavy atom. The van der Waals surface area contributed by atoms with E-state index in [9.17, 15) is 0 Å². The first kappa shape index (κ1) is 8.83. The van der Waals surface area contributed by atoms with Crippen LogP contribution in [0.5, 0.6) is 0 Å². The van der Waals surface area contributed by atoms with Gasteiger partial charge in [0.1, 0.15) is 5.52 Å². The normalized spacial score (nSPS) is 11.1. The van der Waals surface area contributed by atoms with Crippen LogP contribution in [-0.2, 0) is 0 Å². The summed E-state index contributed by atoms with van der Waals surface area (Å²) in [6.45, 7) is 0. The van der Waals surface area contributed by atoms with Gasteiger partial charge in [0, 0.05) is 25.8 Å². The van der Waals surface area contributed by atoms with Crippen molar-refractivity contribution < 1.29 is 4.42 Å². The molecule has 3 N–H and O–H groups in total. The smallest absolute Gasteiger partial charge is 0.310 e. The van der Waals surface area contributed by atoms with Gasteiger partial charge in [-0.1, -0.05) is 0 Å². The van der Waals surface area contributed by atoms with Crippen LogP contribution >= 0.6 is 0 Å². The van der Waals surface area contributed by atoms with Gasteiger partial charge in [0.2, 0.25) is 0 Å². The molecule has 5 nitrogen and oxygen atoms in total. The number of nitrogens with two attached hydrogens (primary N) is 1. The van der Waals surface area contributed by atoms with E-state index in [1.807, 2.05) is 20.2 Å². The Hall–Kier alpha value is -1.75. The zero-order valence-electron chi connectivity index (χ0n) is 8.11. The average molecular weight is 192 g/mol. The Morgan fingerprint density at radius 1 is 1.43 bits per heavy atom. The summed E-state index contributed by atoms with van der Waals surface area (Å²) in [7, 11) is 3.73. The lowest BCUT2D eigenvalue weighted by molar-refractivity contribution is 0.458. The number of benzene rings is 1. The van der Waals surface area contributed by atoms with Crippen LogP contribution in [0.3, 0.4) is 0 Å². The molecule has 0 saturated carbocycles. The van der Waals surface area contributed by atoms with Gasteiger partial charge in [0.25, 0.3) is 0 Å². The highest BCUT2D eigenvalue weighted by molar-refractivity contribution is 5.77. The maximum atomic E-state index is 5.62. The minimum absolute atomic E-state index is 0.468. The molecule has 0 bridgehead atoms. The third-order valence-electron chi connectivity index (χ3n) is 1.73. The van der Waals surface area contributed by atoms with E-state index >= 15 is 0 Å². The SMILES string of the molecule is CN(C)Nc1nc2ccc(N)cc2o1. The van der Waals surface area contributed by atoms with E-state index in [1.165, 1.54) is 0 Å². The maximum Gasteiger partial charge on any atom is 0.310 e. The molecule has 14 heavy (non-hydrogen) atoms. The molecule has 1 aromatic heterocycles. The van der Waals surface area contributed by atoms with Crippen LogP contribution in [0.25, 0.3) is 11.1 Å². The third-order valence-corrected chi connectivity index (χ3v) is 1.73. The highest BCUT2D eigenvalue weighted by Crippen LogP contribution is 2.20. The fourth-order valence-electron chi connectivity index (χ4n) is 1.18. The lowest BCUT2D eigenvalue weighted by atomic mass is 10.3. The van der Waals surface area contributed by atoms with Crippen LogP contribution in [0.2, 0.25) is 0 Å². The summed E-state index contributed by atoms with van der Waals surface area (Å²) in [6, 6.07) is 5.85. The first-order valence-corrected chi connectivity index (χ1v) is 4.25. The van der Waals surface area contributed by atoms with Crippen molar-refractivity contribution in [1.82, 2.24) is 9.99 Å². The third kappa shape index (κ3) is 1.62. The molecule has 0 spiro atoms. The van der Waals surface area contributed by atoms with Crippen LogP contribution in [0.4, 0.5) is 11.7 Å². The van der Waals surface area contributed by atoms with Gasteiger partial charge < -0.3 is 10.2 Å². The minimum Gasteiger partial charge on any atom is -0.423 e. The number of nitrogens with zero attached hydrogens (tertiary/aromatic N) is 2. The Kier molecular flexibility index (Phi) is 2.01. The molecule has 74 valence electrons. The standard InChI is InChI=1S/C9H12N4O/c1-13(2)12-9-11-7-4-3-6(10)5-8(7)14-9/h3-5H,10H2,1-2H3,(H,11,12). The molecular weight excluding hydrogens is 180 g/mol. The molecule has 0 amide bonds. The molecule has 0 aliphatic heterocycles. The fourth-order valence-corrected chi connectivity index (χ4v) is 1.18. The molecule has 1 aromatic carbocycles. The molecule has 0 aliphatic carbocycles. The van der Waals surface area contributed by atoms with Crippen molar-refractivity contribution in [3.05, 3.63) is 18.2 Å². The maximum absolute atomic E-state index is 5.62. The van der Waals surface area contributed by atoms with Crippen molar-refractivity contribution in [3.8, 4) is 0 Å². The number of hydrogen-bond donors (Lipinski definition) is 2. The van der Waals surface area contributed by atoms with Gasteiger partial charge >= 0.3 is 6.01 Å². The fraction of sp³-hybridized carbons (Fsp3) is 0.222. The van der Waals surface area contributed by atoms with Gasteiger partial charge in [-0.2, -0.15) is 4.98 Å². The van der Waals surface area contributed by atoms with Gasteiger partial charge in [-0.25, -0.2) is 5.01 Å². The van der Waals surface area contributed by atoms with Crippen molar-refractivity contribution >= 4 is 22.8 Å². The first-order valence-electron chi connectivity index (χ1n) is 4.25. The second-order valence-corrected chi connectivity index (χ2v) is 3.25. The van der Waals surface area contributed by atoms with E-state index in [1.54, 1.807) is 17.1 Å². The lowest BCUT2D eigenvalue weighted by Gasteiger charge is -2.07. The van der Waals surface area contributed by atoms with E-state index in [2.05, 4.69) is 10.4 Å². The topological polar surface area (TPSA) is 67.3 Å². The van der Waals surface area contributed by atoms with Crippen molar-refractivity contribution in [2.75, 3.05) is 25.3 Å². The number of nitrogens with one attached hydrogen (secondary N) is 1. The summed E-state index contributed by atoms with van der Waals surface area (Å²) < 4.78 is 5.42. The number of fused-ring (bicyclic) bond motifs is 1. The molecule has 0 unspecified atom stereocenters. The lowest BCUT2D eigenvalue weighted by Crippen LogP contribution is -2.19. The predicted molar refractivity (Wildman–Crippen MR) is 55.7 cm³/mol. The number of rotatable bonds is 2. The van der Waals surface area contributed by atoms with Crippen LogP contribution in [-0.4, -0.2) is 24.1 Å².